The van der Waals surface area contributed by atoms with Crippen LogP contribution in [0.15, 0.2) is 23.8 Å². The third kappa shape index (κ3) is 4.97. The molecule has 0 unspecified atom stereocenters. The number of nitrogens with zero attached hydrogens (tertiary/aromatic N) is 6. The summed E-state index contributed by atoms with van der Waals surface area (Å²) in [6.45, 7) is -1.70. The lowest BCUT2D eigenvalue weighted by Gasteiger charge is -2.36. The van der Waals surface area contributed by atoms with Gasteiger partial charge in [-0.2, -0.15) is 13.9 Å². The van der Waals surface area contributed by atoms with E-state index in [1.165, 1.54) is 11.3 Å². The van der Waals surface area contributed by atoms with Crippen molar-refractivity contribution in [2.45, 2.75) is 69.2 Å². The first-order valence-corrected chi connectivity index (χ1v) is 14.2. The number of hydrogen-bond acceptors (Lipinski definition) is 8. The molecule has 2 amide bonds. The molecule has 1 aliphatic heterocycles. The maximum Gasteiger partial charge on any atom is 0.345 e. The minimum atomic E-state index is -2.85. The largest absolute Gasteiger partial charge is 0.354 e. The minimum absolute atomic E-state index is 0.110. The van der Waals surface area contributed by atoms with Crippen LogP contribution in [0.25, 0.3) is 16.2 Å². The number of aromatic nitrogens is 4. The van der Waals surface area contributed by atoms with Crippen LogP contribution in [0.3, 0.4) is 0 Å². The SMILES string of the molecule is CN(c1cc(C(=O)N2CCC(C3(NC=O)CC3)CC2)nc(-c2cnn3ccsc23)n1)[C@H]1CCC[C@@H]1OC(F)F. The lowest BCUT2D eigenvalue weighted by molar-refractivity contribution is -0.163. The molecule has 1 N–H and O–H groups in total. The van der Waals surface area contributed by atoms with E-state index >= 15 is 0 Å². The number of anilines is 1. The van der Waals surface area contributed by atoms with E-state index in [1.54, 1.807) is 28.7 Å². The summed E-state index contributed by atoms with van der Waals surface area (Å²) in [7, 11) is 1.80. The first-order chi connectivity index (χ1) is 18.9. The Hall–Kier alpha value is -3.19. The van der Waals surface area contributed by atoms with Crippen molar-refractivity contribution in [3.8, 4) is 11.4 Å². The predicted molar refractivity (Wildman–Crippen MR) is 141 cm³/mol. The number of likely N-dealkylation sites (tertiary alicyclic amines) is 1. The monoisotopic (exact) mass is 559 g/mol. The number of amides is 2. The fraction of sp³-hybridized carbons (Fsp3) is 0.577. The van der Waals surface area contributed by atoms with Crippen LogP contribution in [-0.2, 0) is 9.53 Å². The van der Waals surface area contributed by atoms with Crippen LogP contribution in [0.2, 0.25) is 0 Å². The molecule has 3 aromatic heterocycles. The summed E-state index contributed by atoms with van der Waals surface area (Å²) < 4.78 is 32.8. The molecule has 0 aromatic carbocycles. The fourth-order valence-corrected chi connectivity index (χ4v) is 7.05. The van der Waals surface area contributed by atoms with Gasteiger partial charge in [-0.05, 0) is 50.9 Å². The second-order valence-corrected chi connectivity index (χ2v) is 11.6. The molecule has 3 aromatic rings. The second kappa shape index (κ2) is 10.4. The molecule has 2 saturated carbocycles. The standard InChI is InChI=1S/C26H31F2N7O3S/c1-33(19-3-2-4-20(19)38-25(27)28)21-13-18(31-22(32-21)17-14-30-35-11-12-39-24(17)35)23(37)34-9-5-16(6-10-34)26(7-8-26)29-15-36/h11-16,19-20,25H,2-10H2,1H3,(H,29,36)/t19-,20-/m0/s1. The van der Waals surface area contributed by atoms with Crippen molar-refractivity contribution in [2.24, 2.45) is 5.92 Å². The number of thiazole rings is 1. The highest BCUT2D eigenvalue weighted by Crippen LogP contribution is 2.46. The van der Waals surface area contributed by atoms with Gasteiger partial charge in [0.1, 0.15) is 16.3 Å². The molecule has 10 nitrogen and oxygen atoms in total. The Bertz CT molecular complexity index is 1350. The average Bonchev–Trinajstić information content (AvgIpc) is 3.25. The van der Waals surface area contributed by atoms with Gasteiger partial charge in [-0.15, -0.1) is 11.3 Å². The molecule has 0 radical (unpaired) electrons. The first-order valence-electron chi connectivity index (χ1n) is 13.4. The number of likely N-dealkylation sites (N-methyl/N-ethyl adjacent to an activating group) is 1. The Morgan fingerprint density at radius 2 is 2.05 bits per heavy atom. The van der Waals surface area contributed by atoms with Gasteiger partial charge in [0.05, 0.1) is 23.9 Å². The molecular weight excluding hydrogens is 528 g/mol. The lowest BCUT2D eigenvalue weighted by atomic mass is 9.87. The van der Waals surface area contributed by atoms with Crippen LogP contribution in [0.1, 0.15) is 55.4 Å². The number of rotatable bonds is 9. The van der Waals surface area contributed by atoms with Crippen molar-refractivity contribution in [1.29, 1.82) is 0 Å². The van der Waals surface area contributed by atoms with E-state index in [9.17, 15) is 18.4 Å². The number of alkyl halides is 2. The molecule has 4 heterocycles. The van der Waals surface area contributed by atoms with Crippen molar-refractivity contribution in [3.63, 3.8) is 0 Å². The molecule has 0 spiro atoms. The molecule has 1 saturated heterocycles. The topological polar surface area (TPSA) is 105 Å². The van der Waals surface area contributed by atoms with Gasteiger partial charge >= 0.3 is 6.61 Å². The predicted octanol–water partition coefficient (Wildman–Crippen LogP) is 3.58. The second-order valence-electron chi connectivity index (χ2n) is 10.7. The molecule has 39 heavy (non-hydrogen) atoms. The molecule has 2 aliphatic carbocycles. The summed E-state index contributed by atoms with van der Waals surface area (Å²) in [5.74, 6) is 1.01. The smallest absolute Gasteiger partial charge is 0.345 e. The van der Waals surface area contributed by atoms with Gasteiger partial charge < -0.3 is 19.9 Å². The van der Waals surface area contributed by atoms with Gasteiger partial charge in [0.15, 0.2) is 5.82 Å². The molecular formula is C26H31F2N7O3S. The molecule has 6 rings (SSSR count). The zero-order chi connectivity index (χ0) is 27.1. The highest BCUT2D eigenvalue weighted by atomic mass is 32.1. The van der Waals surface area contributed by atoms with Crippen molar-refractivity contribution >= 4 is 34.3 Å². The summed E-state index contributed by atoms with van der Waals surface area (Å²) in [4.78, 5) is 38.8. The van der Waals surface area contributed by atoms with E-state index in [4.69, 9.17) is 9.72 Å². The van der Waals surface area contributed by atoms with Crippen LogP contribution in [0.5, 0.6) is 0 Å². The van der Waals surface area contributed by atoms with Gasteiger partial charge in [-0.3, -0.25) is 9.59 Å². The zero-order valence-corrected chi connectivity index (χ0v) is 22.4. The van der Waals surface area contributed by atoms with E-state index in [0.29, 0.717) is 49.1 Å². The third-order valence-electron chi connectivity index (χ3n) is 8.56. The molecule has 208 valence electrons. The molecule has 0 bridgehead atoms. The van der Waals surface area contributed by atoms with Crippen molar-refractivity contribution in [3.05, 3.63) is 29.5 Å². The Morgan fingerprint density at radius 1 is 1.26 bits per heavy atom. The molecule has 13 heteroatoms. The number of piperidine rings is 1. The Kier molecular flexibility index (Phi) is 6.96. The summed E-state index contributed by atoms with van der Waals surface area (Å²) in [6, 6.07) is 1.36. The van der Waals surface area contributed by atoms with E-state index in [0.717, 1.165) is 43.3 Å². The maximum atomic E-state index is 13.7. The van der Waals surface area contributed by atoms with Crippen LogP contribution < -0.4 is 10.2 Å². The van der Waals surface area contributed by atoms with E-state index in [2.05, 4.69) is 15.4 Å². The van der Waals surface area contributed by atoms with Crippen molar-refractivity contribution in [1.82, 2.24) is 29.8 Å². The molecule has 3 aliphatic rings. The first kappa shape index (κ1) is 26.1. The van der Waals surface area contributed by atoms with Gasteiger partial charge in [0.25, 0.3) is 5.91 Å². The summed E-state index contributed by atoms with van der Waals surface area (Å²) >= 11 is 1.49. The lowest BCUT2D eigenvalue weighted by Crippen LogP contribution is -2.46. The van der Waals surface area contributed by atoms with Gasteiger partial charge in [-0.25, -0.2) is 14.5 Å². The van der Waals surface area contributed by atoms with Gasteiger partial charge in [-0.1, -0.05) is 0 Å². The fourth-order valence-electron chi connectivity index (χ4n) is 6.26. The number of fused-ring (bicyclic) bond motifs is 1. The maximum absolute atomic E-state index is 13.7. The number of hydrogen-bond donors (Lipinski definition) is 1. The highest BCUT2D eigenvalue weighted by Gasteiger charge is 2.50. The van der Waals surface area contributed by atoms with Gasteiger partial charge in [0, 0.05) is 43.3 Å². The van der Waals surface area contributed by atoms with Crippen molar-refractivity contribution in [2.75, 3.05) is 25.0 Å². The average molecular weight is 560 g/mol. The van der Waals surface area contributed by atoms with E-state index in [-0.39, 0.29) is 23.2 Å². The summed E-state index contributed by atoms with van der Waals surface area (Å²) in [5, 5.41) is 9.29. The number of ether oxygens (including phenoxy) is 1. The Labute approximate surface area is 228 Å². The quantitative estimate of drug-likeness (QED) is 0.400. The molecule has 2 atom stereocenters. The number of carbonyl (C=O) groups excluding carboxylic acids is 2. The highest BCUT2D eigenvalue weighted by molar-refractivity contribution is 7.16. The number of nitrogens with one attached hydrogen (secondary N) is 1. The Morgan fingerprint density at radius 3 is 2.77 bits per heavy atom. The van der Waals surface area contributed by atoms with Crippen LogP contribution in [-0.4, -0.2) is 81.2 Å². The van der Waals surface area contributed by atoms with Crippen LogP contribution in [0, 0.1) is 5.92 Å². The third-order valence-corrected chi connectivity index (χ3v) is 9.45. The van der Waals surface area contributed by atoms with Crippen LogP contribution >= 0.6 is 11.3 Å². The van der Waals surface area contributed by atoms with Crippen LogP contribution in [0.4, 0.5) is 14.6 Å². The van der Waals surface area contributed by atoms with Gasteiger partial charge in [0.2, 0.25) is 6.41 Å². The summed E-state index contributed by atoms with van der Waals surface area (Å²) in [5.41, 5.74) is 0.852. The number of carbonyl (C=O) groups is 2. The van der Waals surface area contributed by atoms with E-state index < -0.39 is 12.7 Å². The zero-order valence-electron chi connectivity index (χ0n) is 21.6. The van der Waals surface area contributed by atoms with Crippen molar-refractivity contribution < 1.29 is 23.1 Å². The minimum Gasteiger partial charge on any atom is -0.354 e. The summed E-state index contributed by atoms with van der Waals surface area (Å²) in [6.07, 6.45) is 9.26. The molecule has 3 fully saturated rings. The number of halogens is 2. The van der Waals surface area contributed by atoms with E-state index in [1.807, 2.05) is 16.5 Å². The Balaban J connectivity index is 1.29. The normalized spacial score (nSPS) is 22.9.